The molecule has 0 aliphatic carbocycles. The van der Waals surface area contributed by atoms with Crippen molar-refractivity contribution in [1.82, 2.24) is 0 Å². The van der Waals surface area contributed by atoms with Crippen molar-refractivity contribution in [2.45, 2.75) is 0 Å². The van der Waals surface area contributed by atoms with Crippen molar-refractivity contribution in [3.63, 3.8) is 0 Å². The molecule has 1 radical (unpaired) electrons. The average molecular weight is 249 g/mol. The molecule has 2 rings (SSSR count). The van der Waals surface area contributed by atoms with Crippen molar-refractivity contribution in [1.29, 1.82) is 5.26 Å². The van der Waals surface area contributed by atoms with Gasteiger partial charge in [-0.1, -0.05) is 23.7 Å². The summed E-state index contributed by atoms with van der Waals surface area (Å²) in [5.74, 6) is -1.58. The fourth-order valence-electron chi connectivity index (χ4n) is 1.51. The third kappa shape index (κ3) is 2.27. The molecule has 0 saturated carbocycles. The van der Waals surface area contributed by atoms with Gasteiger partial charge in [-0.05, 0) is 23.8 Å². The summed E-state index contributed by atoms with van der Waals surface area (Å²) in [5.41, 5.74) is 0.0606. The number of halogens is 3. The van der Waals surface area contributed by atoms with Crippen LogP contribution in [0.3, 0.4) is 0 Å². The van der Waals surface area contributed by atoms with E-state index < -0.39 is 11.6 Å². The fraction of sp³-hybridized carbons (Fsp3) is 0. The minimum absolute atomic E-state index is 0.0580. The molecule has 83 valence electrons. The van der Waals surface area contributed by atoms with Gasteiger partial charge in [0.2, 0.25) is 0 Å². The Kier molecular flexibility index (Phi) is 3.08. The predicted octanol–water partition coefficient (Wildman–Crippen LogP) is 3.96. The van der Waals surface area contributed by atoms with Crippen LogP contribution < -0.4 is 0 Å². The molecular weight excluding hydrogens is 244 g/mol. The number of hydrogen-bond acceptors (Lipinski definition) is 1. The maximum atomic E-state index is 13.7. The Morgan fingerprint density at radius 3 is 2.35 bits per heavy atom. The Bertz CT molecular complexity index is 594. The van der Waals surface area contributed by atoms with Gasteiger partial charge in [-0.15, -0.1) is 0 Å². The Morgan fingerprint density at radius 1 is 1.18 bits per heavy atom. The van der Waals surface area contributed by atoms with Crippen LogP contribution in [0.4, 0.5) is 8.78 Å². The van der Waals surface area contributed by atoms with Crippen LogP contribution in [0, 0.1) is 29.0 Å². The maximum absolute atomic E-state index is 13.7. The SMILES string of the molecule is N#Cc1cc(F)c(-c2cc[c]c(Cl)c2)c(F)c1. The Hall–Kier alpha value is -1.92. The molecule has 0 amide bonds. The molecule has 0 aliphatic heterocycles. The minimum atomic E-state index is -0.788. The summed E-state index contributed by atoms with van der Waals surface area (Å²) in [6.07, 6.45) is 0. The second kappa shape index (κ2) is 4.52. The van der Waals surface area contributed by atoms with Gasteiger partial charge in [-0.3, -0.25) is 0 Å². The van der Waals surface area contributed by atoms with E-state index in [0.29, 0.717) is 5.56 Å². The van der Waals surface area contributed by atoms with Crippen molar-refractivity contribution in [3.05, 3.63) is 58.6 Å². The zero-order valence-corrected chi connectivity index (χ0v) is 9.22. The lowest BCUT2D eigenvalue weighted by Gasteiger charge is -2.06. The van der Waals surface area contributed by atoms with Crippen LogP contribution in [-0.2, 0) is 0 Å². The second-order valence-electron chi connectivity index (χ2n) is 3.35. The molecule has 0 heterocycles. The highest BCUT2D eigenvalue weighted by atomic mass is 35.5. The summed E-state index contributed by atoms with van der Waals surface area (Å²) in [5, 5.41) is 8.85. The maximum Gasteiger partial charge on any atom is 0.135 e. The molecule has 17 heavy (non-hydrogen) atoms. The average Bonchev–Trinajstić information content (AvgIpc) is 2.28. The van der Waals surface area contributed by atoms with Crippen molar-refractivity contribution in [2.75, 3.05) is 0 Å². The topological polar surface area (TPSA) is 23.8 Å². The first-order chi connectivity index (χ1) is 8.11. The van der Waals surface area contributed by atoms with Crippen LogP contribution in [0.15, 0.2) is 30.3 Å². The molecule has 0 aliphatic rings. The number of hydrogen-bond donors (Lipinski definition) is 0. The van der Waals surface area contributed by atoms with Crippen molar-refractivity contribution in [3.8, 4) is 17.2 Å². The molecule has 0 unspecified atom stereocenters. The number of rotatable bonds is 1. The van der Waals surface area contributed by atoms with Crippen LogP contribution >= 0.6 is 11.6 Å². The van der Waals surface area contributed by atoms with Gasteiger partial charge in [-0.2, -0.15) is 5.26 Å². The molecule has 0 atom stereocenters. The van der Waals surface area contributed by atoms with E-state index in [1.165, 1.54) is 18.2 Å². The first-order valence-corrected chi connectivity index (χ1v) is 5.06. The highest BCUT2D eigenvalue weighted by Gasteiger charge is 2.13. The summed E-state index contributed by atoms with van der Waals surface area (Å²) in [4.78, 5) is 0. The van der Waals surface area contributed by atoms with Crippen molar-refractivity contribution < 1.29 is 8.78 Å². The summed E-state index contributed by atoms with van der Waals surface area (Å²) in [7, 11) is 0. The van der Waals surface area contributed by atoms with Gasteiger partial charge in [0, 0.05) is 11.1 Å². The molecule has 0 bridgehead atoms. The van der Waals surface area contributed by atoms with Gasteiger partial charge < -0.3 is 0 Å². The first-order valence-electron chi connectivity index (χ1n) is 4.68. The zero-order valence-electron chi connectivity index (χ0n) is 8.47. The molecule has 0 spiro atoms. The molecule has 0 saturated heterocycles. The number of nitrogens with zero attached hydrogens (tertiary/aromatic N) is 1. The predicted molar refractivity (Wildman–Crippen MR) is 60.4 cm³/mol. The van der Waals surface area contributed by atoms with E-state index in [0.717, 1.165) is 12.1 Å². The zero-order chi connectivity index (χ0) is 12.4. The largest absolute Gasteiger partial charge is 0.206 e. The summed E-state index contributed by atoms with van der Waals surface area (Å²) in [6, 6.07) is 10.7. The molecule has 2 aromatic carbocycles. The summed E-state index contributed by atoms with van der Waals surface area (Å²) < 4.78 is 27.3. The lowest BCUT2D eigenvalue weighted by atomic mass is 10.0. The van der Waals surface area contributed by atoms with Gasteiger partial charge in [0.05, 0.1) is 17.2 Å². The van der Waals surface area contributed by atoms with Gasteiger partial charge in [-0.25, -0.2) is 8.78 Å². The van der Waals surface area contributed by atoms with E-state index in [-0.39, 0.29) is 16.1 Å². The van der Waals surface area contributed by atoms with Gasteiger partial charge >= 0.3 is 0 Å². The molecule has 0 N–H and O–H groups in total. The van der Waals surface area contributed by atoms with Crippen molar-refractivity contribution >= 4 is 11.6 Å². The quantitative estimate of drug-likeness (QED) is 0.749. The monoisotopic (exact) mass is 248 g/mol. The van der Waals surface area contributed by atoms with Crippen molar-refractivity contribution in [2.24, 2.45) is 0 Å². The first kappa shape index (κ1) is 11.6. The Morgan fingerprint density at radius 2 is 1.82 bits per heavy atom. The summed E-state index contributed by atoms with van der Waals surface area (Å²) >= 11 is 5.71. The molecular formula is C13H5ClF2N. The van der Waals surface area contributed by atoms with E-state index in [2.05, 4.69) is 6.07 Å². The molecule has 0 fully saturated rings. The molecule has 0 aromatic heterocycles. The van der Waals surface area contributed by atoms with Crippen LogP contribution in [0.2, 0.25) is 5.02 Å². The van der Waals surface area contributed by atoms with Crippen LogP contribution in [0.1, 0.15) is 5.56 Å². The summed E-state index contributed by atoms with van der Waals surface area (Å²) in [6.45, 7) is 0. The normalized spacial score (nSPS) is 10.0. The van der Waals surface area contributed by atoms with E-state index in [1.807, 2.05) is 0 Å². The second-order valence-corrected chi connectivity index (χ2v) is 3.76. The highest BCUT2D eigenvalue weighted by Crippen LogP contribution is 2.28. The van der Waals surface area contributed by atoms with E-state index in [1.54, 1.807) is 6.07 Å². The third-order valence-corrected chi connectivity index (χ3v) is 2.44. The Balaban J connectivity index is 2.65. The fourth-order valence-corrected chi connectivity index (χ4v) is 1.69. The molecule has 4 heteroatoms. The van der Waals surface area contributed by atoms with E-state index in [9.17, 15) is 8.78 Å². The van der Waals surface area contributed by atoms with E-state index >= 15 is 0 Å². The number of benzene rings is 2. The third-order valence-electron chi connectivity index (χ3n) is 2.23. The van der Waals surface area contributed by atoms with Gasteiger partial charge in [0.25, 0.3) is 0 Å². The number of nitriles is 1. The highest BCUT2D eigenvalue weighted by molar-refractivity contribution is 6.30. The van der Waals surface area contributed by atoms with Gasteiger partial charge in [0.15, 0.2) is 0 Å². The lowest BCUT2D eigenvalue weighted by molar-refractivity contribution is 0.589. The molecule has 2 aromatic rings. The van der Waals surface area contributed by atoms with Crippen LogP contribution in [-0.4, -0.2) is 0 Å². The van der Waals surface area contributed by atoms with Crippen LogP contribution in [0.5, 0.6) is 0 Å². The lowest BCUT2D eigenvalue weighted by Crippen LogP contribution is -1.92. The molecule has 1 nitrogen and oxygen atoms in total. The standard InChI is InChI=1S/C13H5ClF2N/c14-10-3-1-2-9(6-10)13-11(15)4-8(7-17)5-12(13)16/h1-2,4-6H. The van der Waals surface area contributed by atoms with E-state index in [4.69, 9.17) is 16.9 Å². The van der Waals surface area contributed by atoms with Crippen LogP contribution in [0.25, 0.3) is 11.1 Å². The Labute approximate surface area is 102 Å². The smallest absolute Gasteiger partial charge is 0.135 e. The minimum Gasteiger partial charge on any atom is -0.206 e. The van der Waals surface area contributed by atoms with Gasteiger partial charge in [0.1, 0.15) is 11.6 Å².